The van der Waals surface area contributed by atoms with Crippen LogP contribution in [0.25, 0.3) is 0 Å². The third kappa shape index (κ3) is 0.438. The lowest BCUT2D eigenvalue weighted by molar-refractivity contribution is 0.0928. The minimum absolute atomic E-state index is 0.0544. The van der Waals surface area contributed by atoms with Gasteiger partial charge in [0.2, 0.25) is 0 Å². The molecule has 3 rings (SSSR count). The highest BCUT2D eigenvalue weighted by Gasteiger charge is 2.77. The second-order valence-corrected chi connectivity index (χ2v) is 5.29. The van der Waals surface area contributed by atoms with Gasteiger partial charge in [-0.25, -0.2) is 0 Å². The molecule has 3 fully saturated rings. The molecule has 0 aromatic heterocycles. The van der Waals surface area contributed by atoms with Gasteiger partial charge in [0.15, 0.2) is 0 Å². The number of rotatable bonds is 0. The van der Waals surface area contributed by atoms with Crippen LogP contribution in [0.1, 0.15) is 33.1 Å². The van der Waals surface area contributed by atoms with Crippen LogP contribution in [0, 0.1) is 22.7 Å². The predicted octanol–water partition coefficient (Wildman–Crippen LogP) is 1.80. The van der Waals surface area contributed by atoms with Crippen LogP contribution in [-0.4, -0.2) is 11.2 Å². The normalized spacial score (nSPS) is 71.7. The lowest BCUT2D eigenvalue weighted by atomic mass is 9.82. The molecule has 0 amide bonds. The van der Waals surface area contributed by atoms with E-state index in [1.54, 1.807) is 0 Å². The molecule has 4 unspecified atom stereocenters. The molecular formula is C10H16O. The molecule has 1 nitrogen and oxygen atoms in total. The number of fused-ring (bicyclic) bond motifs is 5. The Morgan fingerprint density at radius 1 is 1.09 bits per heavy atom. The number of aliphatic hydroxyl groups excluding tert-OH is 1. The minimum atomic E-state index is 0.0544. The molecule has 62 valence electrons. The summed E-state index contributed by atoms with van der Waals surface area (Å²) in [6, 6.07) is 0. The molecule has 2 bridgehead atoms. The first kappa shape index (κ1) is 6.47. The predicted molar refractivity (Wildman–Crippen MR) is 43.1 cm³/mol. The Kier molecular flexibility index (Phi) is 0.820. The van der Waals surface area contributed by atoms with Crippen molar-refractivity contribution < 1.29 is 5.11 Å². The fourth-order valence-corrected chi connectivity index (χ4v) is 4.20. The maximum absolute atomic E-state index is 9.86. The molecule has 0 aromatic carbocycles. The summed E-state index contributed by atoms with van der Waals surface area (Å²) in [5.41, 5.74) is 1.07. The third-order valence-electron chi connectivity index (χ3n) is 5.16. The van der Waals surface area contributed by atoms with E-state index in [-0.39, 0.29) is 6.10 Å². The average Bonchev–Trinajstić information content (AvgIpc) is 2.29. The van der Waals surface area contributed by atoms with E-state index in [4.69, 9.17) is 0 Å². The van der Waals surface area contributed by atoms with E-state index in [1.165, 1.54) is 19.3 Å². The smallest absolute Gasteiger partial charge is 0.0607 e. The molecule has 1 N–H and O–H groups in total. The summed E-state index contributed by atoms with van der Waals surface area (Å²) in [7, 11) is 0. The highest BCUT2D eigenvalue weighted by Crippen LogP contribution is 2.81. The zero-order valence-electron chi connectivity index (χ0n) is 7.30. The van der Waals surface area contributed by atoms with E-state index in [1.807, 2.05) is 0 Å². The van der Waals surface area contributed by atoms with E-state index >= 15 is 0 Å². The highest BCUT2D eigenvalue weighted by molar-refractivity contribution is 5.26. The van der Waals surface area contributed by atoms with Crippen LogP contribution in [0.15, 0.2) is 0 Å². The first-order chi connectivity index (χ1) is 5.09. The largest absolute Gasteiger partial charge is 0.393 e. The van der Waals surface area contributed by atoms with E-state index in [0.717, 1.165) is 0 Å². The van der Waals surface area contributed by atoms with E-state index in [9.17, 15) is 5.11 Å². The SMILES string of the molecule is CC12CC1(C)C1CCC2C1O. The van der Waals surface area contributed by atoms with Gasteiger partial charge in [-0.2, -0.15) is 0 Å². The van der Waals surface area contributed by atoms with E-state index < -0.39 is 0 Å². The summed E-state index contributed by atoms with van der Waals surface area (Å²) >= 11 is 0. The molecule has 11 heavy (non-hydrogen) atoms. The average molecular weight is 152 g/mol. The fourth-order valence-electron chi connectivity index (χ4n) is 4.20. The Hall–Kier alpha value is -0.0400. The molecular weight excluding hydrogens is 136 g/mol. The monoisotopic (exact) mass is 152 g/mol. The molecule has 1 heteroatoms. The van der Waals surface area contributed by atoms with Crippen LogP contribution in [0.3, 0.4) is 0 Å². The van der Waals surface area contributed by atoms with Crippen LogP contribution >= 0.6 is 0 Å². The maximum atomic E-state index is 9.86. The Morgan fingerprint density at radius 3 is 1.82 bits per heavy atom. The van der Waals surface area contributed by atoms with Gasteiger partial charge in [-0.1, -0.05) is 13.8 Å². The van der Waals surface area contributed by atoms with Gasteiger partial charge < -0.3 is 5.11 Å². The van der Waals surface area contributed by atoms with Crippen molar-refractivity contribution in [3.05, 3.63) is 0 Å². The quantitative estimate of drug-likeness (QED) is 0.561. The summed E-state index contributed by atoms with van der Waals surface area (Å²) < 4.78 is 0. The van der Waals surface area contributed by atoms with Crippen LogP contribution in [-0.2, 0) is 0 Å². The van der Waals surface area contributed by atoms with Gasteiger partial charge in [0.1, 0.15) is 0 Å². The van der Waals surface area contributed by atoms with Gasteiger partial charge in [0.25, 0.3) is 0 Å². The molecule has 0 heterocycles. The second kappa shape index (κ2) is 1.39. The van der Waals surface area contributed by atoms with Crippen molar-refractivity contribution in [2.45, 2.75) is 39.2 Å². The molecule has 0 radical (unpaired) electrons. The van der Waals surface area contributed by atoms with E-state index in [2.05, 4.69) is 13.8 Å². The lowest BCUT2D eigenvalue weighted by Crippen LogP contribution is -2.19. The molecule has 3 saturated carbocycles. The Balaban J connectivity index is 2.08. The number of aliphatic hydroxyl groups is 1. The summed E-state index contributed by atoms with van der Waals surface area (Å²) in [6.45, 7) is 4.75. The van der Waals surface area contributed by atoms with Crippen molar-refractivity contribution >= 4 is 0 Å². The van der Waals surface area contributed by atoms with Gasteiger partial charge in [0, 0.05) is 0 Å². The van der Waals surface area contributed by atoms with Gasteiger partial charge in [-0.15, -0.1) is 0 Å². The van der Waals surface area contributed by atoms with Crippen molar-refractivity contribution in [2.75, 3.05) is 0 Å². The minimum Gasteiger partial charge on any atom is -0.393 e. The van der Waals surface area contributed by atoms with Gasteiger partial charge in [-0.05, 0) is 41.9 Å². The summed E-state index contributed by atoms with van der Waals surface area (Å²) in [4.78, 5) is 0. The molecule has 4 atom stereocenters. The topological polar surface area (TPSA) is 20.2 Å². The summed E-state index contributed by atoms with van der Waals surface area (Å²) in [5, 5.41) is 9.86. The van der Waals surface area contributed by atoms with Crippen LogP contribution in [0.4, 0.5) is 0 Å². The second-order valence-electron chi connectivity index (χ2n) is 5.29. The maximum Gasteiger partial charge on any atom is 0.0607 e. The standard InChI is InChI=1S/C10H16O/c1-9-5-10(9,2)7-4-3-6(9)8(7)11/h6-8,11H,3-5H2,1-2H3. The van der Waals surface area contributed by atoms with Crippen molar-refractivity contribution in [2.24, 2.45) is 22.7 Å². The van der Waals surface area contributed by atoms with Crippen molar-refractivity contribution in [1.82, 2.24) is 0 Å². The molecule has 0 aromatic rings. The lowest BCUT2D eigenvalue weighted by Gasteiger charge is -2.22. The van der Waals surface area contributed by atoms with Crippen LogP contribution in [0.5, 0.6) is 0 Å². The molecule has 3 aliphatic rings. The highest BCUT2D eigenvalue weighted by atomic mass is 16.3. The summed E-state index contributed by atoms with van der Waals surface area (Å²) in [5.74, 6) is 1.30. The van der Waals surface area contributed by atoms with Crippen molar-refractivity contribution in [1.29, 1.82) is 0 Å². The van der Waals surface area contributed by atoms with Crippen LogP contribution < -0.4 is 0 Å². The molecule has 0 saturated heterocycles. The number of hydrogen-bond acceptors (Lipinski definition) is 1. The van der Waals surface area contributed by atoms with Crippen molar-refractivity contribution in [3.8, 4) is 0 Å². The van der Waals surface area contributed by atoms with Gasteiger partial charge in [0.05, 0.1) is 6.10 Å². The zero-order valence-corrected chi connectivity index (χ0v) is 7.30. The van der Waals surface area contributed by atoms with Gasteiger partial charge >= 0.3 is 0 Å². The van der Waals surface area contributed by atoms with Crippen LogP contribution in [0.2, 0.25) is 0 Å². The van der Waals surface area contributed by atoms with Crippen molar-refractivity contribution in [3.63, 3.8) is 0 Å². The Bertz CT molecular complexity index is 203. The molecule has 3 aliphatic carbocycles. The first-order valence-corrected chi connectivity index (χ1v) is 4.78. The molecule has 0 aliphatic heterocycles. The summed E-state index contributed by atoms with van der Waals surface area (Å²) in [6.07, 6.45) is 4.01. The van der Waals surface area contributed by atoms with Gasteiger partial charge in [-0.3, -0.25) is 0 Å². The third-order valence-corrected chi connectivity index (χ3v) is 5.16. The zero-order chi connectivity index (χ0) is 7.85. The van der Waals surface area contributed by atoms with E-state index in [0.29, 0.717) is 22.7 Å². The fraction of sp³-hybridized carbons (Fsp3) is 1.00. The number of hydrogen-bond donors (Lipinski definition) is 1. The Morgan fingerprint density at radius 2 is 1.55 bits per heavy atom. The Labute approximate surface area is 67.8 Å². The first-order valence-electron chi connectivity index (χ1n) is 4.78. The molecule has 0 spiro atoms.